The van der Waals surface area contributed by atoms with Crippen LogP contribution in [-0.2, 0) is 16.1 Å². The highest BCUT2D eigenvalue weighted by atomic mass is 35.5. The Morgan fingerprint density at radius 2 is 1.72 bits per heavy atom. The van der Waals surface area contributed by atoms with Gasteiger partial charge in [-0.05, 0) is 72.4 Å². The number of hydrogen-bond acceptors (Lipinski definition) is 4. The van der Waals surface area contributed by atoms with E-state index in [1.165, 1.54) is 0 Å². The van der Waals surface area contributed by atoms with E-state index in [-0.39, 0.29) is 31.5 Å². The Balaban J connectivity index is 1.39. The average molecular weight is 555 g/mol. The second-order valence-electron chi connectivity index (χ2n) is 9.38. The van der Waals surface area contributed by atoms with Gasteiger partial charge in [-0.2, -0.15) is 18.4 Å². The fourth-order valence-corrected chi connectivity index (χ4v) is 4.89. The smallest absolute Gasteiger partial charge is 0.358 e. The summed E-state index contributed by atoms with van der Waals surface area (Å²) in [6.45, 7) is 0.528. The predicted octanol–water partition coefficient (Wildman–Crippen LogP) is 6.13. The van der Waals surface area contributed by atoms with Crippen LogP contribution < -0.4 is 10.2 Å². The minimum Gasteiger partial charge on any atom is -0.358 e. The molecule has 3 aromatic carbocycles. The first-order valence-electron chi connectivity index (χ1n) is 12.4. The van der Waals surface area contributed by atoms with Crippen LogP contribution in [0.3, 0.4) is 0 Å². The SMILES string of the molecule is N#Cc1cccc(N(CC(=O)Nc2ccc(C3CCN(C(=O)C(F)(F)F)CC3)cc2)Cc2cccc(Cl)c2)c1. The molecule has 0 spiro atoms. The highest BCUT2D eigenvalue weighted by Gasteiger charge is 2.43. The van der Waals surface area contributed by atoms with E-state index in [0.29, 0.717) is 35.7 Å². The standard InChI is InChI=1S/C29H26ClF3N4O2/c30-24-5-1-4-21(15-24)18-37(26-6-2-3-20(16-26)17-34)19-27(38)35-25-9-7-22(8-10-25)23-11-13-36(14-12-23)28(39)29(31,32)33/h1-10,15-16,23H,11-14,18-19H2,(H,35,38). The van der Waals surface area contributed by atoms with E-state index in [4.69, 9.17) is 11.6 Å². The third-order valence-corrected chi connectivity index (χ3v) is 6.86. The van der Waals surface area contributed by atoms with E-state index in [9.17, 15) is 28.0 Å². The molecule has 3 aromatic rings. The van der Waals surface area contributed by atoms with E-state index < -0.39 is 12.1 Å². The Kier molecular flexibility index (Phi) is 8.77. The first kappa shape index (κ1) is 28.0. The van der Waals surface area contributed by atoms with Gasteiger partial charge in [0.15, 0.2) is 0 Å². The van der Waals surface area contributed by atoms with Gasteiger partial charge < -0.3 is 15.1 Å². The van der Waals surface area contributed by atoms with Crippen LogP contribution in [0.1, 0.15) is 35.4 Å². The molecule has 1 fully saturated rings. The number of amides is 2. The van der Waals surface area contributed by atoms with Crippen molar-refractivity contribution in [2.45, 2.75) is 31.5 Å². The number of carbonyl (C=O) groups excluding carboxylic acids is 2. The second kappa shape index (κ2) is 12.2. The lowest BCUT2D eigenvalue weighted by Crippen LogP contribution is -2.45. The van der Waals surface area contributed by atoms with Crippen molar-refractivity contribution < 1.29 is 22.8 Å². The summed E-state index contributed by atoms with van der Waals surface area (Å²) in [7, 11) is 0. The second-order valence-corrected chi connectivity index (χ2v) is 9.82. The Bertz CT molecular complexity index is 1360. The van der Waals surface area contributed by atoms with Crippen LogP contribution in [-0.4, -0.2) is 42.5 Å². The molecule has 202 valence electrons. The molecule has 1 aliphatic heterocycles. The van der Waals surface area contributed by atoms with Gasteiger partial charge in [0.2, 0.25) is 5.91 Å². The molecule has 1 heterocycles. The zero-order chi connectivity index (χ0) is 28.0. The van der Waals surface area contributed by atoms with Crippen LogP contribution >= 0.6 is 11.6 Å². The molecule has 6 nitrogen and oxygen atoms in total. The number of carbonyl (C=O) groups is 2. The van der Waals surface area contributed by atoms with Gasteiger partial charge in [-0.1, -0.05) is 41.9 Å². The lowest BCUT2D eigenvalue weighted by molar-refractivity contribution is -0.186. The maximum absolute atomic E-state index is 13.0. The first-order valence-corrected chi connectivity index (χ1v) is 12.8. The third-order valence-electron chi connectivity index (χ3n) is 6.63. The molecule has 0 atom stereocenters. The molecule has 0 aliphatic carbocycles. The highest BCUT2D eigenvalue weighted by molar-refractivity contribution is 6.30. The Labute approximate surface area is 229 Å². The summed E-state index contributed by atoms with van der Waals surface area (Å²) >= 11 is 6.14. The summed E-state index contributed by atoms with van der Waals surface area (Å²) in [5, 5.41) is 12.8. The van der Waals surface area contributed by atoms with Crippen molar-refractivity contribution in [1.82, 2.24) is 4.90 Å². The molecule has 39 heavy (non-hydrogen) atoms. The van der Waals surface area contributed by atoms with Gasteiger partial charge in [-0.3, -0.25) is 9.59 Å². The molecule has 10 heteroatoms. The maximum Gasteiger partial charge on any atom is 0.471 e. The van der Waals surface area contributed by atoms with Crippen molar-refractivity contribution in [3.63, 3.8) is 0 Å². The van der Waals surface area contributed by atoms with Crippen LogP contribution in [0, 0.1) is 11.3 Å². The van der Waals surface area contributed by atoms with Crippen molar-refractivity contribution in [3.05, 3.63) is 94.5 Å². The number of nitriles is 1. The number of hydrogen-bond donors (Lipinski definition) is 1. The largest absolute Gasteiger partial charge is 0.471 e. The molecule has 4 rings (SSSR count). The zero-order valence-electron chi connectivity index (χ0n) is 20.9. The third kappa shape index (κ3) is 7.52. The van der Waals surface area contributed by atoms with Gasteiger partial charge in [-0.15, -0.1) is 0 Å². The van der Waals surface area contributed by atoms with Gasteiger partial charge in [0.05, 0.1) is 18.2 Å². The fraction of sp³-hybridized carbons (Fsp3) is 0.276. The molecular formula is C29H26ClF3N4O2. The Hall–Kier alpha value is -4.03. The zero-order valence-corrected chi connectivity index (χ0v) is 21.7. The highest BCUT2D eigenvalue weighted by Crippen LogP contribution is 2.31. The van der Waals surface area contributed by atoms with Crippen LogP contribution in [0.2, 0.25) is 5.02 Å². The van der Waals surface area contributed by atoms with E-state index >= 15 is 0 Å². The molecule has 0 radical (unpaired) electrons. The summed E-state index contributed by atoms with van der Waals surface area (Å²) in [5.41, 5.74) is 3.64. The van der Waals surface area contributed by atoms with Gasteiger partial charge in [0, 0.05) is 36.0 Å². The number of alkyl halides is 3. The first-order chi connectivity index (χ1) is 18.6. The molecular weight excluding hydrogens is 529 g/mol. The van der Waals surface area contributed by atoms with E-state index in [1.807, 2.05) is 41.3 Å². The minimum atomic E-state index is -4.85. The molecule has 1 N–H and O–H groups in total. The monoisotopic (exact) mass is 554 g/mol. The van der Waals surface area contributed by atoms with E-state index in [2.05, 4.69) is 11.4 Å². The van der Waals surface area contributed by atoms with Gasteiger partial charge in [0.25, 0.3) is 0 Å². The molecule has 0 unspecified atom stereocenters. The molecule has 0 saturated carbocycles. The molecule has 0 bridgehead atoms. The van der Waals surface area contributed by atoms with E-state index in [0.717, 1.165) is 21.7 Å². The number of likely N-dealkylation sites (tertiary alicyclic amines) is 1. The summed E-state index contributed by atoms with van der Waals surface area (Å²) in [5.74, 6) is -2.01. The molecule has 0 aromatic heterocycles. The number of nitrogens with zero attached hydrogens (tertiary/aromatic N) is 3. The Morgan fingerprint density at radius 3 is 2.36 bits per heavy atom. The molecule has 2 amide bonds. The van der Waals surface area contributed by atoms with Crippen LogP contribution in [0.25, 0.3) is 0 Å². The topological polar surface area (TPSA) is 76.4 Å². The van der Waals surface area contributed by atoms with Crippen molar-refractivity contribution in [2.24, 2.45) is 0 Å². The van der Waals surface area contributed by atoms with Crippen molar-refractivity contribution in [2.75, 3.05) is 29.9 Å². The number of benzene rings is 3. The average Bonchev–Trinajstić information content (AvgIpc) is 2.92. The molecule has 1 aliphatic rings. The summed E-state index contributed by atoms with van der Waals surface area (Å²) < 4.78 is 38.1. The maximum atomic E-state index is 13.0. The number of anilines is 2. The summed E-state index contributed by atoms with van der Waals surface area (Å²) in [6.07, 6.45) is -3.98. The van der Waals surface area contributed by atoms with Crippen molar-refractivity contribution in [1.29, 1.82) is 5.26 Å². The van der Waals surface area contributed by atoms with Gasteiger partial charge in [-0.25, -0.2) is 0 Å². The lowest BCUT2D eigenvalue weighted by Gasteiger charge is -2.32. The number of halogens is 4. The summed E-state index contributed by atoms with van der Waals surface area (Å²) in [4.78, 5) is 27.2. The molecule has 1 saturated heterocycles. The quantitative estimate of drug-likeness (QED) is 0.381. The minimum absolute atomic E-state index is 0.0227. The number of rotatable bonds is 7. The Morgan fingerprint density at radius 1 is 1.03 bits per heavy atom. The normalized spacial score (nSPS) is 14.0. The number of nitrogens with one attached hydrogen (secondary N) is 1. The van der Waals surface area contributed by atoms with Gasteiger partial charge in [0.1, 0.15) is 0 Å². The van der Waals surface area contributed by atoms with Crippen LogP contribution in [0.15, 0.2) is 72.8 Å². The van der Waals surface area contributed by atoms with Crippen LogP contribution in [0.5, 0.6) is 0 Å². The van der Waals surface area contributed by atoms with Crippen molar-refractivity contribution in [3.8, 4) is 6.07 Å². The predicted molar refractivity (Wildman–Crippen MR) is 143 cm³/mol. The van der Waals surface area contributed by atoms with Gasteiger partial charge >= 0.3 is 12.1 Å². The van der Waals surface area contributed by atoms with Crippen molar-refractivity contribution >= 4 is 34.8 Å². The summed E-state index contributed by atoms with van der Waals surface area (Å²) in [6, 6.07) is 23.7. The van der Waals surface area contributed by atoms with Crippen LogP contribution in [0.4, 0.5) is 24.5 Å². The fourth-order valence-electron chi connectivity index (χ4n) is 4.67. The lowest BCUT2D eigenvalue weighted by atomic mass is 9.89. The number of piperidine rings is 1. The van der Waals surface area contributed by atoms with E-state index in [1.54, 1.807) is 36.4 Å².